The summed E-state index contributed by atoms with van der Waals surface area (Å²) in [4.78, 5) is 14.0. The summed E-state index contributed by atoms with van der Waals surface area (Å²) in [6.07, 6.45) is 1.68. The zero-order valence-corrected chi connectivity index (χ0v) is 11.9. The van der Waals surface area contributed by atoms with Crippen molar-refractivity contribution < 1.29 is 9.53 Å². The van der Waals surface area contributed by atoms with E-state index in [4.69, 9.17) is 10.5 Å². The van der Waals surface area contributed by atoms with E-state index in [1.165, 1.54) is 0 Å². The molecule has 1 aliphatic heterocycles. The van der Waals surface area contributed by atoms with Crippen LogP contribution in [0.3, 0.4) is 0 Å². The molecule has 0 bridgehead atoms. The van der Waals surface area contributed by atoms with Crippen molar-refractivity contribution in [2.24, 2.45) is 0 Å². The van der Waals surface area contributed by atoms with Crippen molar-refractivity contribution in [1.82, 2.24) is 4.90 Å². The van der Waals surface area contributed by atoms with Gasteiger partial charge in [0.15, 0.2) is 6.10 Å². The van der Waals surface area contributed by atoms with Crippen molar-refractivity contribution in [2.75, 3.05) is 18.8 Å². The second kappa shape index (κ2) is 5.61. The first-order chi connectivity index (χ1) is 8.59. The average Bonchev–Trinajstić information content (AvgIpc) is 2.87. The third-order valence-electron chi connectivity index (χ3n) is 3.06. The number of halogens is 1. The molecule has 1 aromatic rings. The Morgan fingerprint density at radius 3 is 2.78 bits per heavy atom. The van der Waals surface area contributed by atoms with Crippen LogP contribution in [0.1, 0.15) is 19.8 Å². The lowest BCUT2D eigenvalue weighted by atomic mass is 10.3. The van der Waals surface area contributed by atoms with E-state index in [0.29, 0.717) is 15.9 Å². The minimum atomic E-state index is -0.485. The summed E-state index contributed by atoms with van der Waals surface area (Å²) in [5.41, 5.74) is 6.38. The largest absolute Gasteiger partial charge is 0.480 e. The lowest BCUT2D eigenvalue weighted by Crippen LogP contribution is -2.38. The monoisotopic (exact) mass is 312 g/mol. The van der Waals surface area contributed by atoms with Crippen LogP contribution in [-0.2, 0) is 4.79 Å². The van der Waals surface area contributed by atoms with E-state index in [1.807, 2.05) is 11.0 Å². The summed E-state index contributed by atoms with van der Waals surface area (Å²) in [6.45, 7) is 3.45. The van der Waals surface area contributed by atoms with Gasteiger partial charge in [0.2, 0.25) is 0 Å². The number of nitrogens with zero attached hydrogens (tertiary/aromatic N) is 1. The second-order valence-electron chi connectivity index (χ2n) is 4.45. The fraction of sp³-hybridized carbons (Fsp3) is 0.462. The van der Waals surface area contributed by atoms with Gasteiger partial charge in [-0.15, -0.1) is 0 Å². The number of carbonyl (C=O) groups excluding carboxylic acids is 1. The molecule has 1 amide bonds. The number of amides is 1. The Morgan fingerprint density at radius 1 is 1.44 bits per heavy atom. The molecular formula is C13H17BrN2O2. The zero-order chi connectivity index (χ0) is 13.1. The topological polar surface area (TPSA) is 55.6 Å². The molecule has 1 unspecified atom stereocenters. The fourth-order valence-corrected chi connectivity index (χ4v) is 2.41. The molecule has 0 aliphatic carbocycles. The van der Waals surface area contributed by atoms with Gasteiger partial charge in [-0.05, 0) is 47.8 Å². The number of likely N-dealkylation sites (tertiary alicyclic amines) is 1. The van der Waals surface area contributed by atoms with Crippen LogP contribution in [0.4, 0.5) is 5.69 Å². The van der Waals surface area contributed by atoms with Crippen LogP contribution in [0.2, 0.25) is 0 Å². The molecule has 98 valence electrons. The second-order valence-corrected chi connectivity index (χ2v) is 5.24. The molecule has 0 saturated carbocycles. The number of benzene rings is 1. The molecule has 2 N–H and O–H groups in total. The number of ether oxygens (including phenoxy) is 1. The van der Waals surface area contributed by atoms with Crippen LogP contribution in [0, 0.1) is 0 Å². The fourth-order valence-electron chi connectivity index (χ4n) is 2.05. The number of anilines is 1. The van der Waals surface area contributed by atoms with Gasteiger partial charge in [0.05, 0.1) is 4.47 Å². The van der Waals surface area contributed by atoms with Gasteiger partial charge in [0.1, 0.15) is 5.75 Å². The quantitative estimate of drug-likeness (QED) is 0.872. The molecular weight excluding hydrogens is 296 g/mol. The zero-order valence-electron chi connectivity index (χ0n) is 10.4. The number of carbonyl (C=O) groups is 1. The van der Waals surface area contributed by atoms with E-state index >= 15 is 0 Å². The van der Waals surface area contributed by atoms with Gasteiger partial charge in [0, 0.05) is 18.8 Å². The van der Waals surface area contributed by atoms with Crippen molar-refractivity contribution >= 4 is 27.5 Å². The Bertz CT molecular complexity index is 445. The Hall–Kier alpha value is -1.23. The highest BCUT2D eigenvalue weighted by atomic mass is 79.9. The van der Waals surface area contributed by atoms with Gasteiger partial charge in [-0.1, -0.05) is 6.07 Å². The first-order valence-corrected chi connectivity index (χ1v) is 6.88. The van der Waals surface area contributed by atoms with Gasteiger partial charge in [0.25, 0.3) is 5.91 Å². The molecule has 1 saturated heterocycles. The van der Waals surface area contributed by atoms with Crippen molar-refractivity contribution in [3.05, 3.63) is 22.7 Å². The summed E-state index contributed by atoms with van der Waals surface area (Å²) in [5, 5.41) is 0. The molecule has 18 heavy (non-hydrogen) atoms. The van der Waals surface area contributed by atoms with E-state index in [0.717, 1.165) is 25.9 Å². The molecule has 0 radical (unpaired) electrons. The summed E-state index contributed by atoms with van der Waals surface area (Å²) >= 11 is 3.37. The summed E-state index contributed by atoms with van der Waals surface area (Å²) in [6, 6.07) is 5.39. The molecule has 1 aliphatic rings. The normalized spacial score (nSPS) is 16.7. The highest BCUT2D eigenvalue weighted by Crippen LogP contribution is 2.31. The van der Waals surface area contributed by atoms with Crippen molar-refractivity contribution in [2.45, 2.75) is 25.9 Å². The molecule has 1 atom stereocenters. The highest BCUT2D eigenvalue weighted by Gasteiger charge is 2.25. The van der Waals surface area contributed by atoms with Gasteiger partial charge in [-0.2, -0.15) is 0 Å². The van der Waals surface area contributed by atoms with E-state index < -0.39 is 6.10 Å². The summed E-state index contributed by atoms with van der Waals surface area (Å²) < 4.78 is 6.38. The average molecular weight is 313 g/mol. The summed E-state index contributed by atoms with van der Waals surface area (Å²) in [5.74, 6) is 0.650. The van der Waals surface area contributed by atoms with Crippen LogP contribution < -0.4 is 10.5 Å². The maximum absolute atomic E-state index is 12.1. The van der Waals surface area contributed by atoms with Gasteiger partial charge >= 0.3 is 0 Å². The maximum atomic E-state index is 12.1. The number of nitrogen functional groups attached to an aromatic ring is 1. The van der Waals surface area contributed by atoms with Gasteiger partial charge in [-0.25, -0.2) is 0 Å². The third kappa shape index (κ3) is 2.77. The van der Waals surface area contributed by atoms with Crippen LogP contribution in [-0.4, -0.2) is 30.0 Å². The molecule has 0 aromatic heterocycles. The Balaban J connectivity index is 2.04. The molecule has 1 aromatic carbocycles. The van der Waals surface area contributed by atoms with E-state index in [1.54, 1.807) is 19.1 Å². The summed E-state index contributed by atoms with van der Waals surface area (Å²) in [7, 11) is 0. The van der Waals surface area contributed by atoms with Crippen molar-refractivity contribution in [1.29, 1.82) is 0 Å². The molecule has 1 heterocycles. The molecule has 5 heteroatoms. The minimum absolute atomic E-state index is 0.0434. The predicted molar refractivity (Wildman–Crippen MR) is 74.5 cm³/mol. The molecule has 0 spiro atoms. The van der Waals surface area contributed by atoms with Crippen molar-refractivity contribution in [3.8, 4) is 5.75 Å². The number of nitrogens with two attached hydrogens (primary N) is 1. The number of hydrogen-bond donors (Lipinski definition) is 1. The molecule has 2 rings (SSSR count). The Labute approximate surface area is 115 Å². The predicted octanol–water partition coefficient (Wildman–Crippen LogP) is 2.42. The Morgan fingerprint density at radius 2 is 2.11 bits per heavy atom. The van der Waals surface area contributed by atoms with Crippen LogP contribution in [0.5, 0.6) is 5.75 Å². The lowest BCUT2D eigenvalue weighted by molar-refractivity contribution is -0.136. The van der Waals surface area contributed by atoms with E-state index in [9.17, 15) is 4.79 Å². The van der Waals surface area contributed by atoms with Crippen LogP contribution >= 0.6 is 15.9 Å². The third-order valence-corrected chi connectivity index (χ3v) is 3.91. The lowest BCUT2D eigenvalue weighted by Gasteiger charge is -2.21. The van der Waals surface area contributed by atoms with Crippen LogP contribution in [0.25, 0.3) is 0 Å². The number of hydrogen-bond acceptors (Lipinski definition) is 3. The molecule has 1 fully saturated rings. The first kappa shape index (κ1) is 13.2. The maximum Gasteiger partial charge on any atom is 0.263 e. The van der Waals surface area contributed by atoms with Gasteiger partial charge < -0.3 is 15.4 Å². The van der Waals surface area contributed by atoms with Crippen molar-refractivity contribution in [3.63, 3.8) is 0 Å². The first-order valence-electron chi connectivity index (χ1n) is 6.09. The van der Waals surface area contributed by atoms with Gasteiger partial charge in [-0.3, -0.25) is 4.79 Å². The molecule has 4 nitrogen and oxygen atoms in total. The Kier molecular flexibility index (Phi) is 4.11. The van der Waals surface area contributed by atoms with E-state index in [-0.39, 0.29) is 5.91 Å². The van der Waals surface area contributed by atoms with E-state index in [2.05, 4.69) is 15.9 Å². The standard InChI is InChI=1S/C13H17BrN2O2/c1-9(13(17)16-7-2-3-8-16)18-11-6-4-5-10(15)12(11)14/h4-6,9H,2-3,7-8,15H2,1H3. The minimum Gasteiger partial charge on any atom is -0.480 e. The number of rotatable bonds is 3. The SMILES string of the molecule is CC(Oc1cccc(N)c1Br)C(=O)N1CCCC1. The smallest absolute Gasteiger partial charge is 0.263 e. The highest BCUT2D eigenvalue weighted by molar-refractivity contribution is 9.10. The van der Waals surface area contributed by atoms with Crippen LogP contribution in [0.15, 0.2) is 22.7 Å².